The number of carbonyl (C=O) groups excluding carboxylic acids is 1. The molecule has 0 atom stereocenters. The first-order chi connectivity index (χ1) is 16.0. The molecule has 4 aromatic rings. The summed E-state index contributed by atoms with van der Waals surface area (Å²) in [6.45, 7) is 1.66. The number of nitro groups is 1. The molecule has 1 saturated heterocycles. The topological polar surface area (TPSA) is 81.5 Å². The average Bonchev–Trinajstić information content (AvgIpc) is 3.45. The van der Waals surface area contributed by atoms with Gasteiger partial charge in [-0.1, -0.05) is 30.3 Å². The number of benzene rings is 2. The van der Waals surface area contributed by atoms with E-state index in [0.717, 1.165) is 23.9 Å². The third-order valence-corrected chi connectivity index (χ3v) is 6.27. The molecule has 1 amide bonds. The van der Waals surface area contributed by atoms with Crippen LogP contribution in [0, 0.1) is 15.9 Å². The Morgan fingerprint density at radius 1 is 1.09 bits per heavy atom. The number of piperidine rings is 1. The summed E-state index contributed by atoms with van der Waals surface area (Å²) in [6, 6.07) is 17.4. The van der Waals surface area contributed by atoms with Crippen molar-refractivity contribution in [3.05, 3.63) is 99.7 Å². The number of carbonyl (C=O) groups is 1. The lowest BCUT2D eigenvalue weighted by molar-refractivity contribution is -0.402. The normalized spacial score (nSPS) is 14.6. The Hall–Kier alpha value is -3.94. The fourth-order valence-electron chi connectivity index (χ4n) is 4.65. The SMILES string of the molecule is O=C(c1ccc([N+](=O)[O-])o1)N1CCC(c2cn(Cc3cccc(F)c3)c3ccccc23)CC1. The molecule has 0 spiro atoms. The summed E-state index contributed by atoms with van der Waals surface area (Å²) in [4.78, 5) is 24.6. The number of furan rings is 1. The Labute approximate surface area is 189 Å². The molecule has 1 aliphatic rings. The quantitative estimate of drug-likeness (QED) is 0.305. The van der Waals surface area contributed by atoms with Gasteiger partial charge in [0.1, 0.15) is 10.7 Å². The minimum atomic E-state index is -0.650. The molecule has 1 fully saturated rings. The number of nitrogens with zero attached hydrogens (tertiary/aromatic N) is 3. The van der Waals surface area contributed by atoms with Gasteiger partial charge in [0.05, 0.1) is 6.07 Å². The molecule has 2 aromatic heterocycles. The average molecular weight is 447 g/mol. The van der Waals surface area contributed by atoms with Crippen LogP contribution in [0.3, 0.4) is 0 Å². The zero-order chi connectivity index (χ0) is 22.9. The van der Waals surface area contributed by atoms with Gasteiger partial charge >= 0.3 is 5.88 Å². The van der Waals surface area contributed by atoms with Crippen LogP contribution < -0.4 is 0 Å². The van der Waals surface area contributed by atoms with Crippen molar-refractivity contribution < 1.29 is 18.5 Å². The van der Waals surface area contributed by atoms with Crippen molar-refractivity contribution in [2.75, 3.05) is 13.1 Å². The summed E-state index contributed by atoms with van der Waals surface area (Å²) in [7, 11) is 0. The predicted octanol–water partition coefficient (Wildman–Crippen LogP) is 5.35. The van der Waals surface area contributed by atoms with Crippen molar-refractivity contribution >= 4 is 22.7 Å². The van der Waals surface area contributed by atoms with Crippen molar-refractivity contribution in [2.24, 2.45) is 0 Å². The summed E-state index contributed by atoms with van der Waals surface area (Å²) in [5, 5.41) is 12.0. The number of halogens is 1. The zero-order valence-corrected chi connectivity index (χ0v) is 17.8. The Morgan fingerprint density at radius 3 is 2.61 bits per heavy atom. The number of para-hydroxylation sites is 1. The number of likely N-dealkylation sites (tertiary alicyclic amines) is 1. The van der Waals surface area contributed by atoms with E-state index in [1.165, 1.54) is 29.1 Å². The molecule has 2 aromatic carbocycles. The number of hydrogen-bond acceptors (Lipinski definition) is 4. The Bertz CT molecular complexity index is 1330. The van der Waals surface area contributed by atoms with Crippen LogP contribution in [0.5, 0.6) is 0 Å². The van der Waals surface area contributed by atoms with E-state index in [4.69, 9.17) is 4.42 Å². The van der Waals surface area contributed by atoms with Gasteiger partial charge in [0.15, 0.2) is 5.76 Å². The third-order valence-electron chi connectivity index (χ3n) is 6.27. The van der Waals surface area contributed by atoms with Gasteiger partial charge in [-0.3, -0.25) is 14.9 Å². The fourth-order valence-corrected chi connectivity index (χ4v) is 4.65. The second kappa shape index (κ2) is 8.54. The molecule has 8 heteroatoms. The zero-order valence-electron chi connectivity index (χ0n) is 17.8. The van der Waals surface area contributed by atoms with E-state index in [0.29, 0.717) is 19.6 Å². The lowest BCUT2D eigenvalue weighted by atomic mass is 9.89. The largest absolute Gasteiger partial charge is 0.433 e. The second-order valence-corrected chi connectivity index (χ2v) is 8.32. The van der Waals surface area contributed by atoms with Crippen LogP contribution in [0.4, 0.5) is 10.3 Å². The standard InChI is InChI=1S/C25H22FN3O4/c26-19-5-3-4-17(14-19)15-28-16-21(20-6-1-2-7-22(20)28)18-10-12-27(13-11-18)25(30)23-8-9-24(33-23)29(31)32/h1-9,14,16,18H,10-13,15H2. The lowest BCUT2D eigenvalue weighted by Gasteiger charge is -2.31. The summed E-state index contributed by atoms with van der Waals surface area (Å²) in [6.07, 6.45) is 3.71. The third kappa shape index (κ3) is 4.11. The van der Waals surface area contributed by atoms with Crippen LogP contribution in [0.25, 0.3) is 10.9 Å². The number of fused-ring (bicyclic) bond motifs is 1. The fraction of sp³-hybridized carbons (Fsp3) is 0.240. The highest BCUT2D eigenvalue weighted by Crippen LogP contribution is 2.35. The Balaban J connectivity index is 1.34. The lowest BCUT2D eigenvalue weighted by Crippen LogP contribution is -2.37. The summed E-state index contributed by atoms with van der Waals surface area (Å²) < 4.78 is 20.9. The molecule has 0 unspecified atom stereocenters. The minimum Gasteiger partial charge on any atom is -0.395 e. The van der Waals surface area contributed by atoms with Crippen molar-refractivity contribution in [3.63, 3.8) is 0 Å². The summed E-state index contributed by atoms with van der Waals surface area (Å²) in [5.74, 6) is -0.733. The molecule has 3 heterocycles. The van der Waals surface area contributed by atoms with Crippen molar-refractivity contribution in [1.29, 1.82) is 0 Å². The molecule has 0 N–H and O–H groups in total. The number of amides is 1. The second-order valence-electron chi connectivity index (χ2n) is 8.32. The van der Waals surface area contributed by atoms with Gasteiger partial charge in [0.2, 0.25) is 0 Å². The Kier molecular flexibility index (Phi) is 5.42. The first-order valence-electron chi connectivity index (χ1n) is 10.9. The molecule has 0 radical (unpaired) electrons. The minimum absolute atomic E-state index is 0.00755. The monoisotopic (exact) mass is 447 g/mol. The van der Waals surface area contributed by atoms with Gasteiger partial charge in [-0.2, -0.15) is 0 Å². The highest BCUT2D eigenvalue weighted by atomic mass is 19.1. The van der Waals surface area contributed by atoms with Gasteiger partial charge < -0.3 is 13.9 Å². The van der Waals surface area contributed by atoms with Crippen molar-refractivity contribution in [2.45, 2.75) is 25.3 Å². The number of aromatic nitrogens is 1. The highest BCUT2D eigenvalue weighted by Gasteiger charge is 2.29. The Morgan fingerprint density at radius 2 is 1.88 bits per heavy atom. The molecule has 7 nitrogen and oxygen atoms in total. The first kappa shape index (κ1) is 20.9. The van der Waals surface area contributed by atoms with E-state index in [1.807, 2.05) is 18.2 Å². The molecule has 0 aliphatic carbocycles. The number of hydrogen-bond donors (Lipinski definition) is 0. The van der Waals surface area contributed by atoms with Crippen molar-refractivity contribution in [1.82, 2.24) is 9.47 Å². The first-order valence-corrected chi connectivity index (χ1v) is 10.9. The van der Waals surface area contributed by atoms with Crippen LogP contribution in [-0.4, -0.2) is 33.4 Å². The predicted molar refractivity (Wildman–Crippen MR) is 121 cm³/mol. The van der Waals surface area contributed by atoms with Gasteiger partial charge in [-0.15, -0.1) is 0 Å². The number of rotatable bonds is 5. The molecule has 33 heavy (non-hydrogen) atoms. The molecule has 168 valence electrons. The molecule has 0 bridgehead atoms. The van der Waals surface area contributed by atoms with E-state index < -0.39 is 10.8 Å². The van der Waals surface area contributed by atoms with Gasteiger partial charge in [0.25, 0.3) is 5.91 Å². The van der Waals surface area contributed by atoms with Crippen LogP contribution in [0.1, 0.15) is 40.4 Å². The van der Waals surface area contributed by atoms with Crippen LogP contribution in [0.15, 0.2) is 71.3 Å². The molecule has 1 aliphatic heterocycles. The molecular formula is C25H22FN3O4. The smallest absolute Gasteiger partial charge is 0.395 e. The van der Waals surface area contributed by atoms with Crippen LogP contribution in [-0.2, 0) is 6.54 Å². The summed E-state index contributed by atoms with van der Waals surface area (Å²) >= 11 is 0. The van der Waals surface area contributed by atoms with E-state index in [2.05, 4.69) is 22.9 Å². The maximum Gasteiger partial charge on any atom is 0.433 e. The van der Waals surface area contributed by atoms with Crippen molar-refractivity contribution in [3.8, 4) is 0 Å². The van der Waals surface area contributed by atoms with E-state index in [1.54, 1.807) is 17.0 Å². The van der Waals surface area contributed by atoms with Gasteiger partial charge in [-0.05, 0) is 54.2 Å². The molecule has 0 saturated carbocycles. The molecule has 5 rings (SSSR count). The molecular weight excluding hydrogens is 425 g/mol. The summed E-state index contributed by atoms with van der Waals surface area (Å²) in [5.41, 5.74) is 3.22. The van der Waals surface area contributed by atoms with E-state index in [9.17, 15) is 19.3 Å². The highest BCUT2D eigenvalue weighted by molar-refractivity contribution is 5.92. The maximum atomic E-state index is 13.7. The maximum absolute atomic E-state index is 13.7. The van der Waals surface area contributed by atoms with Crippen LogP contribution in [0.2, 0.25) is 0 Å². The van der Waals surface area contributed by atoms with E-state index in [-0.39, 0.29) is 23.4 Å². The van der Waals surface area contributed by atoms with E-state index >= 15 is 0 Å². The van der Waals surface area contributed by atoms with Gasteiger partial charge in [0, 0.05) is 36.7 Å². The van der Waals surface area contributed by atoms with Gasteiger partial charge in [-0.25, -0.2) is 4.39 Å². The van der Waals surface area contributed by atoms with Crippen LogP contribution >= 0.6 is 0 Å².